The number of likely N-dealkylation sites (tertiary alicyclic amines) is 1. The Morgan fingerprint density at radius 2 is 1.88 bits per heavy atom. The van der Waals surface area contributed by atoms with Crippen LogP contribution in [0.3, 0.4) is 0 Å². The van der Waals surface area contributed by atoms with Crippen LogP contribution in [0.5, 0.6) is 0 Å². The Balaban J connectivity index is 1.81. The molecule has 2 fully saturated rings. The Morgan fingerprint density at radius 3 is 2.53 bits per heavy atom. The molecular formula is C14H28N2O. The predicted octanol–water partition coefficient (Wildman–Crippen LogP) is 1.88. The maximum absolute atomic E-state index is 5.46. The summed E-state index contributed by atoms with van der Waals surface area (Å²) in [7, 11) is 2.08. The van der Waals surface area contributed by atoms with Crippen LogP contribution in [0.4, 0.5) is 0 Å². The van der Waals surface area contributed by atoms with E-state index in [-0.39, 0.29) is 0 Å². The summed E-state index contributed by atoms with van der Waals surface area (Å²) in [5.74, 6) is 0.893. The molecule has 17 heavy (non-hydrogen) atoms. The molecule has 2 saturated heterocycles. The summed E-state index contributed by atoms with van der Waals surface area (Å²) in [4.78, 5) is 2.72. The molecule has 0 aliphatic carbocycles. The van der Waals surface area contributed by atoms with Crippen LogP contribution in [-0.2, 0) is 4.74 Å². The molecule has 2 aliphatic heterocycles. The van der Waals surface area contributed by atoms with Gasteiger partial charge in [0, 0.05) is 25.8 Å². The molecule has 0 amide bonds. The molecule has 0 aromatic carbocycles. The number of piperidine rings is 1. The standard InChI is InChI=1S/C14H28N2O/c1-15-12-14(16-7-3-2-4-8-16)11-13-5-9-17-10-6-13/h13-15H,2-12H2,1H3/t14-/m1/s1. The van der Waals surface area contributed by atoms with Gasteiger partial charge in [-0.25, -0.2) is 0 Å². The van der Waals surface area contributed by atoms with E-state index in [1.54, 1.807) is 0 Å². The number of hydrogen-bond acceptors (Lipinski definition) is 3. The molecule has 2 heterocycles. The van der Waals surface area contributed by atoms with Gasteiger partial charge in [0.2, 0.25) is 0 Å². The highest BCUT2D eigenvalue weighted by Crippen LogP contribution is 2.24. The maximum Gasteiger partial charge on any atom is 0.0468 e. The van der Waals surface area contributed by atoms with E-state index >= 15 is 0 Å². The van der Waals surface area contributed by atoms with Gasteiger partial charge in [0.05, 0.1) is 0 Å². The number of nitrogens with one attached hydrogen (secondary N) is 1. The lowest BCUT2D eigenvalue weighted by Crippen LogP contribution is -2.45. The molecular weight excluding hydrogens is 212 g/mol. The van der Waals surface area contributed by atoms with Crippen LogP contribution in [-0.4, -0.2) is 50.8 Å². The van der Waals surface area contributed by atoms with Gasteiger partial charge in [-0.15, -0.1) is 0 Å². The Labute approximate surface area is 106 Å². The monoisotopic (exact) mass is 240 g/mol. The number of nitrogens with zero attached hydrogens (tertiary/aromatic N) is 1. The van der Waals surface area contributed by atoms with Gasteiger partial charge in [0.25, 0.3) is 0 Å². The van der Waals surface area contributed by atoms with Crippen molar-refractivity contribution in [3.63, 3.8) is 0 Å². The molecule has 2 rings (SSSR count). The van der Waals surface area contributed by atoms with Crippen LogP contribution in [0.15, 0.2) is 0 Å². The molecule has 0 bridgehead atoms. The predicted molar refractivity (Wildman–Crippen MR) is 71.3 cm³/mol. The largest absolute Gasteiger partial charge is 0.381 e. The van der Waals surface area contributed by atoms with Crippen LogP contribution in [0.1, 0.15) is 38.5 Å². The molecule has 0 saturated carbocycles. The molecule has 3 nitrogen and oxygen atoms in total. The van der Waals surface area contributed by atoms with Crippen molar-refractivity contribution in [3.8, 4) is 0 Å². The van der Waals surface area contributed by atoms with Gasteiger partial charge < -0.3 is 10.1 Å². The van der Waals surface area contributed by atoms with E-state index in [1.807, 2.05) is 0 Å². The third-order valence-corrected chi connectivity index (χ3v) is 4.29. The lowest BCUT2D eigenvalue weighted by Gasteiger charge is -2.37. The Bertz CT molecular complexity index is 198. The van der Waals surface area contributed by atoms with E-state index in [4.69, 9.17) is 4.74 Å². The highest BCUT2D eigenvalue weighted by atomic mass is 16.5. The fourth-order valence-electron chi connectivity index (χ4n) is 3.25. The third kappa shape index (κ3) is 4.23. The first-order valence-corrected chi connectivity index (χ1v) is 7.36. The second kappa shape index (κ2) is 7.34. The van der Waals surface area contributed by atoms with Crippen LogP contribution in [0, 0.1) is 5.92 Å². The van der Waals surface area contributed by atoms with Crippen molar-refractivity contribution in [2.75, 3.05) is 39.9 Å². The SMILES string of the molecule is CNC[C@@H](CC1CCOCC1)N1CCCCC1. The summed E-state index contributed by atoms with van der Waals surface area (Å²) in [6.07, 6.45) is 8.13. The molecule has 100 valence electrons. The highest BCUT2D eigenvalue weighted by molar-refractivity contribution is 4.80. The lowest BCUT2D eigenvalue weighted by molar-refractivity contribution is 0.0484. The molecule has 0 spiro atoms. The molecule has 1 N–H and O–H groups in total. The van der Waals surface area contributed by atoms with Gasteiger partial charge in [0.15, 0.2) is 0 Å². The first-order valence-electron chi connectivity index (χ1n) is 7.36. The smallest absolute Gasteiger partial charge is 0.0468 e. The zero-order valence-electron chi connectivity index (χ0n) is 11.3. The molecule has 2 aliphatic rings. The quantitative estimate of drug-likeness (QED) is 0.794. The highest BCUT2D eigenvalue weighted by Gasteiger charge is 2.24. The van der Waals surface area contributed by atoms with E-state index in [0.29, 0.717) is 0 Å². The van der Waals surface area contributed by atoms with Gasteiger partial charge >= 0.3 is 0 Å². The van der Waals surface area contributed by atoms with Crippen molar-refractivity contribution in [3.05, 3.63) is 0 Å². The fraction of sp³-hybridized carbons (Fsp3) is 1.00. The summed E-state index contributed by atoms with van der Waals surface area (Å²) in [5, 5.41) is 3.38. The van der Waals surface area contributed by atoms with Gasteiger partial charge in [-0.3, -0.25) is 4.90 Å². The Morgan fingerprint density at radius 1 is 1.18 bits per heavy atom. The normalized spacial score (nSPS) is 25.9. The van der Waals surface area contributed by atoms with Crippen molar-refractivity contribution in [2.45, 2.75) is 44.6 Å². The van der Waals surface area contributed by atoms with Crippen LogP contribution >= 0.6 is 0 Å². The summed E-state index contributed by atoms with van der Waals surface area (Å²) in [6, 6.07) is 0.753. The average molecular weight is 240 g/mol. The van der Waals surface area contributed by atoms with Gasteiger partial charge in [0.1, 0.15) is 0 Å². The second-order valence-corrected chi connectivity index (χ2v) is 5.60. The average Bonchev–Trinajstić information content (AvgIpc) is 2.40. The fourth-order valence-corrected chi connectivity index (χ4v) is 3.25. The summed E-state index contributed by atoms with van der Waals surface area (Å²) in [5.41, 5.74) is 0. The third-order valence-electron chi connectivity index (χ3n) is 4.29. The number of likely N-dealkylation sites (N-methyl/N-ethyl adjacent to an activating group) is 1. The molecule has 3 heteroatoms. The number of rotatable bonds is 5. The summed E-state index contributed by atoms with van der Waals surface area (Å²) in [6.45, 7) is 5.75. The van der Waals surface area contributed by atoms with E-state index < -0.39 is 0 Å². The minimum atomic E-state index is 0.753. The lowest BCUT2D eigenvalue weighted by atomic mass is 9.91. The van der Waals surface area contributed by atoms with Crippen molar-refractivity contribution >= 4 is 0 Å². The topological polar surface area (TPSA) is 24.5 Å². The zero-order chi connectivity index (χ0) is 11.9. The van der Waals surface area contributed by atoms with E-state index in [1.165, 1.54) is 51.6 Å². The first kappa shape index (κ1) is 13.3. The second-order valence-electron chi connectivity index (χ2n) is 5.60. The number of hydrogen-bond donors (Lipinski definition) is 1. The summed E-state index contributed by atoms with van der Waals surface area (Å²) >= 11 is 0. The van der Waals surface area contributed by atoms with E-state index in [9.17, 15) is 0 Å². The van der Waals surface area contributed by atoms with E-state index in [2.05, 4.69) is 17.3 Å². The van der Waals surface area contributed by atoms with Gasteiger partial charge in [-0.1, -0.05) is 6.42 Å². The van der Waals surface area contributed by atoms with Gasteiger partial charge in [-0.2, -0.15) is 0 Å². The van der Waals surface area contributed by atoms with Crippen LogP contribution in [0.25, 0.3) is 0 Å². The number of ether oxygens (including phenoxy) is 1. The van der Waals surface area contributed by atoms with Crippen LogP contribution < -0.4 is 5.32 Å². The maximum atomic E-state index is 5.46. The molecule has 0 aromatic rings. The van der Waals surface area contributed by atoms with Crippen molar-refractivity contribution < 1.29 is 4.74 Å². The van der Waals surface area contributed by atoms with Crippen LogP contribution in [0.2, 0.25) is 0 Å². The minimum absolute atomic E-state index is 0.753. The molecule has 0 radical (unpaired) electrons. The summed E-state index contributed by atoms with van der Waals surface area (Å²) < 4.78 is 5.46. The van der Waals surface area contributed by atoms with Crippen molar-refractivity contribution in [1.82, 2.24) is 10.2 Å². The first-order chi connectivity index (χ1) is 8.40. The molecule has 0 unspecified atom stereocenters. The van der Waals surface area contributed by atoms with Crippen molar-refractivity contribution in [2.24, 2.45) is 5.92 Å². The molecule has 1 atom stereocenters. The Kier molecular flexibility index (Phi) is 5.75. The molecule has 0 aromatic heterocycles. The van der Waals surface area contributed by atoms with Crippen molar-refractivity contribution in [1.29, 1.82) is 0 Å². The van der Waals surface area contributed by atoms with E-state index in [0.717, 1.165) is 31.7 Å². The van der Waals surface area contributed by atoms with Gasteiger partial charge in [-0.05, 0) is 58.2 Å². The Hall–Kier alpha value is -0.120. The minimum Gasteiger partial charge on any atom is -0.381 e. The zero-order valence-corrected chi connectivity index (χ0v) is 11.3.